The van der Waals surface area contributed by atoms with Crippen LogP contribution < -0.4 is 16.0 Å². The number of hydrogen-bond donors (Lipinski definition) is 3. The van der Waals surface area contributed by atoms with Crippen LogP contribution in [0.2, 0.25) is 0 Å². The third-order valence-corrected chi connectivity index (χ3v) is 2.33. The first-order valence-electron chi connectivity index (χ1n) is 6.19. The van der Waals surface area contributed by atoms with E-state index in [2.05, 4.69) is 16.0 Å². The van der Waals surface area contributed by atoms with Crippen molar-refractivity contribution in [3.05, 3.63) is 0 Å². The molecule has 0 aromatic carbocycles. The van der Waals surface area contributed by atoms with Gasteiger partial charge in [0.15, 0.2) is 0 Å². The maximum atomic E-state index is 11.7. The lowest BCUT2D eigenvalue weighted by molar-refractivity contribution is -0.130. The molecule has 0 fully saturated rings. The van der Waals surface area contributed by atoms with Gasteiger partial charge in [-0.15, -0.1) is 0 Å². The van der Waals surface area contributed by atoms with Gasteiger partial charge in [-0.2, -0.15) is 0 Å². The van der Waals surface area contributed by atoms with Crippen LogP contribution >= 0.6 is 0 Å². The van der Waals surface area contributed by atoms with Crippen molar-refractivity contribution in [3.8, 4) is 0 Å². The second-order valence-corrected chi connectivity index (χ2v) is 4.60. The topological polar surface area (TPSA) is 70.2 Å². The van der Waals surface area contributed by atoms with Gasteiger partial charge in [0.2, 0.25) is 11.8 Å². The van der Waals surface area contributed by atoms with Crippen LogP contribution in [-0.2, 0) is 9.59 Å². The summed E-state index contributed by atoms with van der Waals surface area (Å²) in [5.74, 6) is -0.384. The van der Waals surface area contributed by atoms with Crippen LogP contribution in [0.1, 0.15) is 34.6 Å². The summed E-state index contributed by atoms with van der Waals surface area (Å²) in [7, 11) is 0. The summed E-state index contributed by atoms with van der Waals surface area (Å²) >= 11 is 0. The molecule has 0 aliphatic rings. The van der Waals surface area contributed by atoms with Crippen molar-refractivity contribution in [3.63, 3.8) is 0 Å². The lowest BCUT2D eigenvalue weighted by Gasteiger charge is -2.18. The van der Waals surface area contributed by atoms with E-state index in [0.29, 0.717) is 6.54 Å². The van der Waals surface area contributed by atoms with Crippen molar-refractivity contribution in [1.82, 2.24) is 16.0 Å². The fourth-order valence-electron chi connectivity index (χ4n) is 1.28. The largest absolute Gasteiger partial charge is 0.352 e. The Kier molecular flexibility index (Phi) is 7.54. The molecule has 0 aliphatic carbocycles. The molecule has 0 rings (SSSR count). The molecule has 0 aliphatic heterocycles. The van der Waals surface area contributed by atoms with Crippen LogP contribution in [0.3, 0.4) is 0 Å². The number of nitrogens with one attached hydrogen (secondary N) is 3. The summed E-state index contributed by atoms with van der Waals surface area (Å²) in [6.07, 6.45) is 0. The molecule has 3 N–H and O–H groups in total. The van der Waals surface area contributed by atoms with Crippen LogP contribution in [0.15, 0.2) is 0 Å². The molecule has 0 heterocycles. The second-order valence-electron chi connectivity index (χ2n) is 4.60. The van der Waals surface area contributed by atoms with E-state index in [1.54, 1.807) is 6.92 Å². The van der Waals surface area contributed by atoms with E-state index < -0.39 is 6.04 Å². The van der Waals surface area contributed by atoms with Crippen molar-refractivity contribution in [2.75, 3.05) is 13.1 Å². The fourth-order valence-corrected chi connectivity index (χ4v) is 1.28. The van der Waals surface area contributed by atoms with Crippen LogP contribution in [0.5, 0.6) is 0 Å². The van der Waals surface area contributed by atoms with E-state index in [1.807, 2.05) is 27.7 Å². The van der Waals surface area contributed by atoms with E-state index in [-0.39, 0.29) is 23.8 Å². The fraction of sp³-hybridized carbons (Fsp3) is 0.833. The lowest BCUT2D eigenvalue weighted by atomic mass is 10.1. The zero-order valence-electron chi connectivity index (χ0n) is 11.5. The SMILES string of the molecule is CCNCC(C)C(=O)NC(C)C(=O)NC(C)C. The Bertz CT molecular complexity index is 254. The van der Waals surface area contributed by atoms with Gasteiger partial charge in [-0.25, -0.2) is 0 Å². The molecule has 2 unspecified atom stereocenters. The van der Waals surface area contributed by atoms with E-state index >= 15 is 0 Å². The molecule has 0 saturated heterocycles. The Morgan fingerprint density at radius 2 is 1.59 bits per heavy atom. The van der Waals surface area contributed by atoms with E-state index in [1.165, 1.54) is 0 Å². The molecule has 2 atom stereocenters. The monoisotopic (exact) mass is 243 g/mol. The highest BCUT2D eigenvalue weighted by Crippen LogP contribution is 1.95. The average Bonchev–Trinajstić information content (AvgIpc) is 2.24. The molecule has 0 spiro atoms. The third kappa shape index (κ3) is 6.94. The number of amides is 2. The van der Waals surface area contributed by atoms with Gasteiger partial charge in [-0.3, -0.25) is 9.59 Å². The molecule has 0 aromatic rings. The molecular formula is C12H25N3O2. The maximum Gasteiger partial charge on any atom is 0.242 e. The highest BCUT2D eigenvalue weighted by atomic mass is 16.2. The molecule has 0 radical (unpaired) electrons. The van der Waals surface area contributed by atoms with Crippen LogP contribution in [0.4, 0.5) is 0 Å². The first kappa shape index (κ1) is 15.9. The minimum Gasteiger partial charge on any atom is -0.352 e. The average molecular weight is 243 g/mol. The lowest BCUT2D eigenvalue weighted by Crippen LogP contribution is -2.49. The first-order valence-corrected chi connectivity index (χ1v) is 6.19. The van der Waals surface area contributed by atoms with Gasteiger partial charge >= 0.3 is 0 Å². The van der Waals surface area contributed by atoms with Gasteiger partial charge in [-0.1, -0.05) is 13.8 Å². The van der Waals surface area contributed by atoms with Crippen molar-refractivity contribution in [2.45, 2.75) is 46.7 Å². The number of rotatable bonds is 7. The molecular weight excluding hydrogens is 218 g/mol. The quantitative estimate of drug-likeness (QED) is 0.601. The van der Waals surface area contributed by atoms with Gasteiger partial charge in [0.1, 0.15) is 6.04 Å². The highest BCUT2D eigenvalue weighted by Gasteiger charge is 2.19. The van der Waals surface area contributed by atoms with Crippen LogP contribution in [0.25, 0.3) is 0 Å². The predicted octanol–water partition coefficient (Wildman–Crippen LogP) is 0.261. The Balaban J connectivity index is 4.05. The number of carbonyl (C=O) groups excluding carboxylic acids is 2. The van der Waals surface area contributed by atoms with Gasteiger partial charge < -0.3 is 16.0 Å². The molecule has 17 heavy (non-hydrogen) atoms. The summed E-state index contributed by atoms with van der Waals surface area (Å²) in [5, 5.41) is 8.57. The van der Waals surface area contributed by atoms with Crippen molar-refractivity contribution >= 4 is 11.8 Å². The van der Waals surface area contributed by atoms with E-state index in [9.17, 15) is 9.59 Å². The minimum absolute atomic E-state index is 0.0843. The van der Waals surface area contributed by atoms with Crippen LogP contribution in [-0.4, -0.2) is 37.0 Å². The van der Waals surface area contributed by atoms with Gasteiger partial charge in [0, 0.05) is 18.5 Å². The molecule has 5 nitrogen and oxygen atoms in total. The predicted molar refractivity (Wildman–Crippen MR) is 68.6 cm³/mol. The van der Waals surface area contributed by atoms with Crippen molar-refractivity contribution in [1.29, 1.82) is 0 Å². The number of hydrogen-bond acceptors (Lipinski definition) is 3. The minimum atomic E-state index is -0.492. The highest BCUT2D eigenvalue weighted by molar-refractivity contribution is 5.88. The van der Waals surface area contributed by atoms with Crippen molar-refractivity contribution in [2.24, 2.45) is 5.92 Å². The van der Waals surface area contributed by atoms with Crippen molar-refractivity contribution < 1.29 is 9.59 Å². The normalized spacial score (nSPS) is 14.2. The molecule has 2 amide bonds. The summed E-state index contributed by atoms with van der Waals surface area (Å²) in [6.45, 7) is 10.8. The van der Waals surface area contributed by atoms with Gasteiger partial charge in [-0.05, 0) is 27.3 Å². The number of carbonyl (C=O) groups is 2. The van der Waals surface area contributed by atoms with E-state index in [4.69, 9.17) is 0 Å². The Morgan fingerprint density at radius 1 is 1.00 bits per heavy atom. The Morgan fingerprint density at radius 3 is 2.06 bits per heavy atom. The van der Waals surface area contributed by atoms with Crippen LogP contribution in [0, 0.1) is 5.92 Å². The molecule has 0 aromatic heterocycles. The van der Waals surface area contributed by atoms with E-state index in [0.717, 1.165) is 6.54 Å². The summed E-state index contributed by atoms with van der Waals surface area (Å²) in [6, 6.07) is -0.407. The summed E-state index contributed by atoms with van der Waals surface area (Å²) in [5.41, 5.74) is 0. The summed E-state index contributed by atoms with van der Waals surface area (Å²) < 4.78 is 0. The smallest absolute Gasteiger partial charge is 0.242 e. The zero-order valence-corrected chi connectivity index (χ0v) is 11.5. The molecule has 100 valence electrons. The second kappa shape index (κ2) is 8.06. The molecule has 0 bridgehead atoms. The standard InChI is InChI=1S/C12H25N3O2/c1-6-13-7-9(4)11(16)15-10(5)12(17)14-8(2)3/h8-10,13H,6-7H2,1-5H3,(H,14,17)(H,15,16). The molecule has 5 heteroatoms. The summed E-state index contributed by atoms with van der Waals surface area (Å²) in [4.78, 5) is 23.3. The zero-order chi connectivity index (χ0) is 13.4. The third-order valence-electron chi connectivity index (χ3n) is 2.33. The Labute approximate surface area is 104 Å². The van der Waals surface area contributed by atoms with Gasteiger partial charge in [0.05, 0.1) is 0 Å². The maximum absolute atomic E-state index is 11.7. The van der Waals surface area contributed by atoms with Gasteiger partial charge in [0.25, 0.3) is 0 Å². The molecule has 0 saturated carbocycles. The Hall–Kier alpha value is -1.10. The first-order chi connectivity index (χ1) is 7.88.